The first-order valence-corrected chi connectivity index (χ1v) is 7.44. The maximum Gasteiger partial charge on any atom is 0.161 e. The number of rotatable bonds is 4. The molecule has 1 aliphatic rings. The number of nitrogens with zero attached hydrogens (tertiary/aromatic N) is 2. The van der Waals surface area contributed by atoms with Crippen molar-refractivity contribution in [2.24, 2.45) is 17.2 Å². The van der Waals surface area contributed by atoms with Crippen molar-refractivity contribution in [1.82, 2.24) is 9.55 Å². The predicted molar refractivity (Wildman–Crippen MR) is 86.0 cm³/mol. The van der Waals surface area contributed by atoms with E-state index in [1.54, 1.807) is 13.0 Å². The lowest BCUT2D eigenvalue weighted by Gasteiger charge is -2.10. The van der Waals surface area contributed by atoms with Gasteiger partial charge < -0.3 is 21.8 Å². The van der Waals surface area contributed by atoms with Crippen molar-refractivity contribution in [2.75, 3.05) is 0 Å². The van der Waals surface area contributed by atoms with Gasteiger partial charge in [-0.2, -0.15) is 0 Å². The number of fused-ring (bicyclic) bond motifs is 1. The SMILES string of the molecule is CC(N)/C(N)=C/C(=C\N)c1nc2cc(F)c(F)cc2n1C1CC1. The highest BCUT2D eigenvalue weighted by molar-refractivity contribution is 5.82. The van der Waals surface area contributed by atoms with Crippen LogP contribution >= 0.6 is 0 Å². The number of nitrogens with two attached hydrogens (primary N) is 3. The second kappa shape index (κ2) is 5.66. The van der Waals surface area contributed by atoms with Gasteiger partial charge in [-0.1, -0.05) is 0 Å². The Morgan fingerprint density at radius 1 is 1.35 bits per heavy atom. The summed E-state index contributed by atoms with van der Waals surface area (Å²) in [6.45, 7) is 1.76. The van der Waals surface area contributed by atoms with Gasteiger partial charge in [0, 0.05) is 41.7 Å². The van der Waals surface area contributed by atoms with Gasteiger partial charge in [-0.25, -0.2) is 13.8 Å². The summed E-state index contributed by atoms with van der Waals surface area (Å²) in [5, 5.41) is 0. The summed E-state index contributed by atoms with van der Waals surface area (Å²) in [5.74, 6) is -1.28. The minimum absolute atomic E-state index is 0.208. The highest BCUT2D eigenvalue weighted by Gasteiger charge is 2.29. The fourth-order valence-electron chi connectivity index (χ4n) is 2.49. The summed E-state index contributed by atoms with van der Waals surface area (Å²) in [7, 11) is 0. The summed E-state index contributed by atoms with van der Waals surface area (Å²) in [6, 6.07) is 2.14. The van der Waals surface area contributed by atoms with Crippen LogP contribution in [-0.2, 0) is 0 Å². The Morgan fingerprint density at radius 2 is 2.00 bits per heavy atom. The van der Waals surface area contributed by atoms with Crippen LogP contribution in [0.5, 0.6) is 0 Å². The van der Waals surface area contributed by atoms with E-state index < -0.39 is 11.6 Å². The number of hydrogen-bond acceptors (Lipinski definition) is 4. The summed E-state index contributed by atoms with van der Waals surface area (Å²) < 4.78 is 29.0. The Kier molecular flexibility index (Phi) is 3.81. The third-order valence-electron chi connectivity index (χ3n) is 3.93. The Balaban J connectivity index is 2.20. The molecule has 1 atom stereocenters. The minimum Gasteiger partial charge on any atom is -0.404 e. The van der Waals surface area contributed by atoms with Crippen LogP contribution in [0, 0.1) is 11.6 Å². The minimum atomic E-state index is -0.923. The molecule has 0 amide bonds. The molecule has 23 heavy (non-hydrogen) atoms. The van der Waals surface area contributed by atoms with Crippen molar-refractivity contribution in [2.45, 2.75) is 31.8 Å². The Bertz CT molecular complexity index is 815. The monoisotopic (exact) mass is 319 g/mol. The van der Waals surface area contributed by atoms with E-state index in [-0.39, 0.29) is 12.1 Å². The number of aromatic nitrogens is 2. The molecule has 7 heteroatoms. The lowest BCUT2D eigenvalue weighted by Crippen LogP contribution is -2.23. The third-order valence-corrected chi connectivity index (χ3v) is 3.93. The van der Waals surface area contributed by atoms with E-state index >= 15 is 0 Å². The standard InChI is InChI=1S/C16H19F2N5/c1-8(20)13(21)4-9(7-19)16-22-14-5-11(17)12(18)6-15(14)23(16)10-2-3-10/h4-8,10H,2-3,19-21H2,1H3/b9-7+,13-4-. The second-order valence-electron chi connectivity index (χ2n) is 5.85. The van der Waals surface area contributed by atoms with Crippen molar-refractivity contribution in [3.63, 3.8) is 0 Å². The molecule has 1 unspecified atom stereocenters. The van der Waals surface area contributed by atoms with Crippen LogP contribution in [0.25, 0.3) is 16.6 Å². The number of benzene rings is 1. The van der Waals surface area contributed by atoms with Crippen molar-refractivity contribution in [3.05, 3.63) is 47.6 Å². The van der Waals surface area contributed by atoms with Crippen molar-refractivity contribution >= 4 is 16.6 Å². The van der Waals surface area contributed by atoms with Gasteiger partial charge in [0.1, 0.15) is 5.82 Å². The van der Waals surface area contributed by atoms with Gasteiger partial charge in [-0.15, -0.1) is 0 Å². The molecule has 1 heterocycles. The zero-order valence-electron chi connectivity index (χ0n) is 12.8. The molecule has 2 aromatic rings. The average molecular weight is 319 g/mol. The molecule has 1 aliphatic carbocycles. The van der Waals surface area contributed by atoms with Crippen molar-refractivity contribution in [1.29, 1.82) is 0 Å². The molecule has 0 saturated heterocycles. The Labute approximate surface area is 132 Å². The van der Waals surface area contributed by atoms with Crippen molar-refractivity contribution < 1.29 is 8.78 Å². The zero-order valence-corrected chi connectivity index (χ0v) is 12.8. The molecular formula is C16H19F2N5. The van der Waals surface area contributed by atoms with Crippen LogP contribution in [0.15, 0.2) is 30.1 Å². The number of hydrogen-bond donors (Lipinski definition) is 3. The maximum absolute atomic E-state index is 13.6. The van der Waals surface area contributed by atoms with Crippen LogP contribution in [0.1, 0.15) is 31.6 Å². The highest BCUT2D eigenvalue weighted by Crippen LogP contribution is 2.40. The summed E-state index contributed by atoms with van der Waals surface area (Å²) >= 11 is 0. The molecule has 1 aromatic carbocycles. The topological polar surface area (TPSA) is 95.9 Å². The normalized spacial score (nSPS) is 17.7. The molecule has 0 aliphatic heterocycles. The van der Waals surface area contributed by atoms with Gasteiger partial charge in [0.15, 0.2) is 11.6 Å². The van der Waals surface area contributed by atoms with Crippen LogP contribution in [0.3, 0.4) is 0 Å². The van der Waals surface area contributed by atoms with Crippen LogP contribution in [0.2, 0.25) is 0 Å². The fraction of sp³-hybridized carbons (Fsp3) is 0.312. The average Bonchev–Trinajstić information content (AvgIpc) is 3.27. The molecule has 1 aromatic heterocycles. The lowest BCUT2D eigenvalue weighted by molar-refractivity contribution is 0.510. The number of halogens is 2. The smallest absolute Gasteiger partial charge is 0.161 e. The Morgan fingerprint density at radius 3 is 2.57 bits per heavy atom. The van der Waals surface area contributed by atoms with Crippen LogP contribution in [0.4, 0.5) is 8.78 Å². The molecule has 122 valence electrons. The molecule has 0 bridgehead atoms. The second-order valence-corrected chi connectivity index (χ2v) is 5.85. The van der Waals surface area contributed by atoms with Gasteiger partial charge in [-0.3, -0.25) is 0 Å². The Hall–Kier alpha value is -2.41. The van der Waals surface area contributed by atoms with Gasteiger partial charge in [-0.05, 0) is 25.8 Å². The maximum atomic E-state index is 13.6. The fourth-order valence-corrected chi connectivity index (χ4v) is 2.49. The van der Waals surface area contributed by atoms with Crippen molar-refractivity contribution in [3.8, 4) is 0 Å². The lowest BCUT2D eigenvalue weighted by atomic mass is 10.1. The van der Waals surface area contributed by atoms with Crippen LogP contribution in [-0.4, -0.2) is 15.6 Å². The summed E-state index contributed by atoms with van der Waals surface area (Å²) in [4.78, 5) is 4.43. The van der Waals surface area contributed by atoms with Gasteiger partial charge in [0.25, 0.3) is 0 Å². The molecule has 0 spiro atoms. The van der Waals surface area contributed by atoms with E-state index in [1.807, 2.05) is 4.57 Å². The molecular weight excluding hydrogens is 300 g/mol. The van der Waals surface area contributed by atoms with Gasteiger partial charge in [0.05, 0.1) is 11.0 Å². The van der Waals surface area contributed by atoms with Gasteiger partial charge >= 0.3 is 0 Å². The van der Waals surface area contributed by atoms with E-state index in [2.05, 4.69) is 4.98 Å². The van der Waals surface area contributed by atoms with Crippen LogP contribution < -0.4 is 17.2 Å². The first-order valence-electron chi connectivity index (χ1n) is 7.44. The molecule has 1 fully saturated rings. The molecule has 6 N–H and O–H groups in total. The van der Waals surface area contributed by atoms with E-state index in [9.17, 15) is 8.78 Å². The van der Waals surface area contributed by atoms with E-state index in [0.29, 0.717) is 28.1 Å². The van der Waals surface area contributed by atoms with E-state index in [1.165, 1.54) is 12.3 Å². The predicted octanol–water partition coefficient (Wildman–Crippen LogP) is 2.14. The quantitative estimate of drug-likeness (QED) is 0.752. The molecule has 1 saturated carbocycles. The zero-order chi connectivity index (χ0) is 16.7. The largest absolute Gasteiger partial charge is 0.404 e. The van der Waals surface area contributed by atoms with Gasteiger partial charge in [0.2, 0.25) is 0 Å². The van der Waals surface area contributed by atoms with E-state index in [4.69, 9.17) is 17.2 Å². The molecule has 3 rings (SSSR count). The first kappa shape index (κ1) is 15.5. The summed E-state index contributed by atoms with van der Waals surface area (Å²) in [6.07, 6.45) is 4.95. The number of imidazole rings is 1. The number of allylic oxidation sites excluding steroid dienone is 2. The third kappa shape index (κ3) is 2.79. The molecule has 5 nitrogen and oxygen atoms in total. The van der Waals surface area contributed by atoms with E-state index in [0.717, 1.165) is 18.9 Å². The summed E-state index contributed by atoms with van der Waals surface area (Å²) in [5.41, 5.74) is 19.3. The molecule has 0 radical (unpaired) electrons. The highest BCUT2D eigenvalue weighted by atomic mass is 19.2. The first-order chi connectivity index (χ1) is 10.9.